The van der Waals surface area contributed by atoms with Gasteiger partial charge in [-0.15, -0.1) is 5.10 Å². The summed E-state index contributed by atoms with van der Waals surface area (Å²) < 4.78 is 7.48. The van der Waals surface area contributed by atoms with Crippen molar-refractivity contribution in [3.63, 3.8) is 0 Å². The molecule has 1 aromatic heterocycles. The Labute approximate surface area is 162 Å². The number of hydrogen-bond donors (Lipinski definition) is 0. The third-order valence-electron chi connectivity index (χ3n) is 4.70. The van der Waals surface area contributed by atoms with Crippen molar-refractivity contribution in [3.8, 4) is 6.07 Å². The molecule has 0 radical (unpaired) electrons. The Hall–Kier alpha value is -3.50. The lowest BCUT2D eigenvalue weighted by Crippen LogP contribution is -2.50. The molecule has 28 heavy (non-hydrogen) atoms. The molecule has 0 spiro atoms. The van der Waals surface area contributed by atoms with E-state index in [1.54, 1.807) is 33.8 Å². The van der Waals surface area contributed by atoms with Crippen molar-refractivity contribution in [2.75, 3.05) is 13.1 Å². The van der Waals surface area contributed by atoms with Gasteiger partial charge in [-0.2, -0.15) is 5.26 Å². The fourth-order valence-electron chi connectivity index (χ4n) is 3.06. The van der Waals surface area contributed by atoms with Crippen molar-refractivity contribution in [3.05, 3.63) is 83.2 Å². The highest BCUT2D eigenvalue weighted by molar-refractivity contribution is 5.94. The van der Waals surface area contributed by atoms with Crippen LogP contribution in [-0.2, 0) is 18.0 Å². The Morgan fingerprint density at radius 2 is 1.86 bits per heavy atom. The second kappa shape index (κ2) is 8.03. The van der Waals surface area contributed by atoms with Crippen molar-refractivity contribution >= 4 is 5.91 Å². The normalized spacial score (nSPS) is 13.8. The first-order valence-corrected chi connectivity index (χ1v) is 9.05. The lowest BCUT2D eigenvalue weighted by molar-refractivity contribution is 0.0498. The molecule has 0 N–H and O–H groups in total. The summed E-state index contributed by atoms with van der Waals surface area (Å²) in [4.78, 5) is 14.2. The minimum atomic E-state index is -0.0349. The Kier molecular flexibility index (Phi) is 5.13. The van der Waals surface area contributed by atoms with Gasteiger partial charge < -0.3 is 9.64 Å². The van der Waals surface area contributed by atoms with Crippen molar-refractivity contribution in [2.24, 2.45) is 0 Å². The molecule has 7 heteroatoms. The van der Waals surface area contributed by atoms with Crippen molar-refractivity contribution in [1.82, 2.24) is 19.9 Å². The van der Waals surface area contributed by atoms with E-state index in [2.05, 4.69) is 16.4 Å². The van der Waals surface area contributed by atoms with Gasteiger partial charge in [0.25, 0.3) is 5.91 Å². The first kappa shape index (κ1) is 17.9. The molecular weight excluding hydrogens is 354 g/mol. The number of nitrogens with zero attached hydrogens (tertiary/aromatic N) is 5. The highest BCUT2D eigenvalue weighted by Crippen LogP contribution is 2.23. The molecule has 7 nitrogen and oxygen atoms in total. The number of rotatable bonds is 6. The molecule has 2 heterocycles. The molecule has 1 amide bonds. The minimum absolute atomic E-state index is 0.0349. The number of nitriles is 1. The SMILES string of the molecule is N#Cc1ccc(C(=O)N2CC(n3cc(COCc4ccccc4)nn3)C2)cc1. The predicted octanol–water partition coefficient (Wildman–Crippen LogP) is 2.56. The summed E-state index contributed by atoms with van der Waals surface area (Å²) in [5, 5.41) is 17.2. The number of amides is 1. The van der Waals surface area contributed by atoms with Gasteiger partial charge in [-0.25, -0.2) is 4.68 Å². The first-order chi connectivity index (χ1) is 13.7. The third-order valence-corrected chi connectivity index (χ3v) is 4.70. The average molecular weight is 373 g/mol. The summed E-state index contributed by atoms with van der Waals surface area (Å²) in [6.07, 6.45) is 1.87. The van der Waals surface area contributed by atoms with Gasteiger partial charge >= 0.3 is 0 Å². The largest absolute Gasteiger partial charge is 0.370 e. The summed E-state index contributed by atoms with van der Waals surface area (Å²) in [5.74, 6) is -0.0349. The maximum atomic E-state index is 12.5. The zero-order chi connectivity index (χ0) is 19.3. The summed E-state index contributed by atoms with van der Waals surface area (Å²) in [5.41, 5.74) is 3.02. The Bertz CT molecular complexity index is 986. The van der Waals surface area contributed by atoms with Crippen LogP contribution in [0.4, 0.5) is 0 Å². The summed E-state index contributed by atoms with van der Waals surface area (Å²) in [7, 11) is 0. The van der Waals surface area contributed by atoms with Gasteiger partial charge in [-0.1, -0.05) is 35.5 Å². The van der Waals surface area contributed by atoms with Gasteiger partial charge in [0.1, 0.15) is 5.69 Å². The Balaban J connectivity index is 1.26. The Morgan fingerprint density at radius 1 is 1.11 bits per heavy atom. The molecule has 4 rings (SSSR count). The van der Waals surface area contributed by atoms with Crippen molar-refractivity contribution in [2.45, 2.75) is 19.3 Å². The molecule has 0 unspecified atom stereocenters. The molecule has 140 valence electrons. The summed E-state index contributed by atoms with van der Waals surface area (Å²) >= 11 is 0. The van der Waals surface area contributed by atoms with Crippen LogP contribution in [0.25, 0.3) is 0 Å². The minimum Gasteiger partial charge on any atom is -0.370 e. The van der Waals surface area contributed by atoms with Gasteiger partial charge in [0, 0.05) is 18.7 Å². The zero-order valence-electron chi connectivity index (χ0n) is 15.2. The van der Waals surface area contributed by atoms with E-state index in [0.29, 0.717) is 37.4 Å². The second-order valence-electron chi connectivity index (χ2n) is 6.72. The lowest BCUT2D eigenvalue weighted by Gasteiger charge is -2.38. The number of ether oxygens (including phenoxy) is 1. The van der Waals surface area contributed by atoms with Crippen LogP contribution in [0, 0.1) is 11.3 Å². The number of likely N-dealkylation sites (tertiary alicyclic amines) is 1. The van der Waals surface area contributed by atoms with E-state index in [4.69, 9.17) is 10.00 Å². The fraction of sp³-hybridized carbons (Fsp3) is 0.238. The summed E-state index contributed by atoms with van der Waals surface area (Å²) in [6.45, 7) is 2.11. The maximum absolute atomic E-state index is 12.5. The van der Waals surface area contributed by atoms with Crippen LogP contribution in [0.1, 0.15) is 33.2 Å². The first-order valence-electron chi connectivity index (χ1n) is 9.05. The molecular formula is C21H19N5O2. The average Bonchev–Trinajstić information content (AvgIpc) is 3.16. The smallest absolute Gasteiger partial charge is 0.254 e. The van der Waals surface area contributed by atoms with Gasteiger partial charge in [0.15, 0.2) is 0 Å². The van der Waals surface area contributed by atoms with Crippen LogP contribution >= 0.6 is 0 Å². The van der Waals surface area contributed by atoms with E-state index in [0.717, 1.165) is 11.3 Å². The molecule has 1 aliphatic rings. The number of aromatic nitrogens is 3. The highest BCUT2D eigenvalue weighted by atomic mass is 16.5. The molecule has 0 bridgehead atoms. The third kappa shape index (κ3) is 3.92. The van der Waals surface area contributed by atoms with Crippen molar-refractivity contribution in [1.29, 1.82) is 5.26 Å². The molecule has 3 aromatic rings. The molecule has 0 aliphatic carbocycles. The van der Waals surface area contributed by atoms with Crippen LogP contribution in [0.15, 0.2) is 60.8 Å². The quantitative estimate of drug-likeness (QED) is 0.663. The van der Waals surface area contributed by atoms with Crippen LogP contribution in [0.5, 0.6) is 0 Å². The van der Waals surface area contributed by atoms with Crippen LogP contribution in [0.2, 0.25) is 0 Å². The lowest BCUT2D eigenvalue weighted by atomic mass is 10.1. The monoisotopic (exact) mass is 373 g/mol. The number of carbonyl (C=O) groups is 1. The maximum Gasteiger partial charge on any atom is 0.254 e. The van der Waals surface area contributed by atoms with E-state index in [1.807, 2.05) is 36.5 Å². The van der Waals surface area contributed by atoms with Gasteiger partial charge in [0.05, 0.1) is 37.1 Å². The standard InChI is InChI=1S/C21H19N5O2/c22-10-16-6-8-18(9-7-16)21(27)25-12-20(13-25)26-11-19(23-24-26)15-28-14-17-4-2-1-3-5-17/h1-9,11,20H,12-15H2. The highest BCUT2D eigenvalue weighted by Gasteiger charge is 2.33. The molecule has 2 aromatic carbocycles. The second-order valence-corrected chi connectivity index (χ2v) is 6.72. The molecule has 1 aliphatic heterocycles. The molecule has 1 fully saturated rings. The van der Waals surface area contributed by atoms with E-state index < -0.39 is 0 Å². The zero-order valence-corrected chi connectivity index (χ0v) is 15.2. The summed E-state index contributed by atoms with van der Waals surface area (Å²) in [6, 6.07) is 18.8. The van der Waals surface area contributed by atoms with Crippen LogP contribution < -0.4 is 0 Å². The van der Waals surface area contributed by atoms with Crippen LogP contribution in [0.3, 0.4) is 0 Å². The van der Waals surface area contributed by atoms with Gasteiger partial charge in [-0.05, 0) is 29.8 Å². The molecule has 0 atom stereocenters. The topological polar surface area (TPSA) is 84.0 Å². The van der Waals surface area contributed by atoms with E-state index in [-0.39, 0.29) is 11.9 Å². The number of hydrogen-bond acceptors (Lipinski definition) is 5. The molecule has 1 saturated heterocycles. The van der Waals surface area contributed by atoms with E-state index in [1.165, 1.54) is 0 Å². The molecule has 0 saturated carbocycles. The van der Waals surface area contributed by atoms with Crippen molar-refractivity contribution < 1.29 is 9.53 Å². The number of carbonyl (C=O) groups excluding carboxylic acids is 1. The fourth-order valence-corrected chi connectivity index (χ4v) is 3.06. The van der Waals surface area contributed by atoms with Gasteiger partial charge in [0.2, 0.25) is 0 Å². The van der Waals surface area contributed by atoms with E-state index >= 15 is 0 Å². The van der Waals surface area contributed by atoms with Crippen LogP contribution in [-0.4, -0.2) is 38.9 Å². The van der Waals surface area contributed by atoms with E-state index in [9.17, 15) is 4.79 Å². The Morgan fingerprint density at radius 3 is 2.57 bits per heavy atom. The predicted molar refractivity (Wildman–Crippen MR) is 101 cm³/mol. The van der Waals surface area contributed by atoms with Gasteiger partial charge in [-0.3, -0.25) is 4.79 Å². The number of benzene rings is 2.